The molecule has 3 nitrogen and oxygen atoms in total. The summed E-state index contributed by atoms with van der Waals surface area (Å²) in [6.45, 7) is 9.65. The number of ether oxygens (including phenoxy) is 2. The monoisotopic (exact) mass is 257 g/mol. The lowest BCUT2D eigenvalue weighted by Gasteiger charge is -2.39. The van der Waals surface area contributed by atoms with Gasteiger partial charge in [0.1, 0.15) is 0 Å². The smallest absolute Gasteiger partial charge is 0.0753 e. The van der Waals surface area contributed by atoms with Gasteiger partial charge in [-0.25, -0.2) is 0 Å². The van der Waals surface area contributed by atoms with Crippen LogP contribution in [0.2, 0.25) is 0 Å². The minimum absolute atomic E-state index is 0.0830. The predicted molar refractivity (Wildman–Crippen MR) is 75.9 cm³/mol. The molecule has 0 aromatic carbocycles. The van der Waals surface area contributed by atoms with Gasteiger partial charge in [-0.15, -0.1) is 0 Å². The van der Waals surface area contributed by atoms with E-state index in [0.29, 0.717) is 18.1 Å². The molecule has 0 bridgehead atoms. The van der Waals surface area contributed by atoms with Crippen molar-refractivity contribution >= 4 is 0 Å². The molecule has 0 aromatic rings. The lowest BCUT2D eigenvalue weighted by molar-refractivity contribution is -0.0650. The van der Waals surface area contributed by atoms with Crippen LogP contribution in [0.15, 0.2) is 0 Å². The Labute approximate surface area is 113 Å². The summed E-state index contributed by atoms with van der Waals surface area (Å²) in [5.74, 6) is 1.43. The van der Waals surface area contributed by atoms with Gasteiger partial charge in [0, 0.05) is 19.8 Å². The number of likely N-dealkylation sites (N-methyl/N-ethyl adjacent to an activating group) is 1. The Kier molecular flexibility index (Phi) is 6.09. The van der Waals surface area contributed by atoms with Crippen molar-refractivity contribution in [1.82, 2.24) is 5.32 Å². The van der Waals surface area contributed by atoms with E-state index >= 15 is 0 Å². The first-order valence-corrected chi connectivity index (χ1v) is 7.23. The normalized spacial score (nSPS) is 33.7. The van der Waals surface area contributed by atoms with Crippen LogP contribution in [0, 0.1) is 11.8 Å². The molecule has 0 spiro atoms. The van der Waals surface area contributed by atoms with Crippen molar-refractivity contribution in [3.8, 4) is 0 Å². The third-order valence-electron chi connectivity index (χ3n) is 4.33. The fraction of sp³-hybridized carbons (Fsp3) is 1.00. The van der Waals surface area contributed by atoms with E-state index in [1.807, 2.05) is 7.05 Å². The van der Waals surface area contributed by atoms with Crippen LogP contribution in [-0.4, -0.2) is 38.5 Å². The minimum Gasteiger partial charge on any atom is -0.379 e. The molecule has 108 valence electrons. The molecule has 1 N–H and O–H groups in total. The first-order valence-electron chi connectivity index (χ1n) is 7.23. The zero-order valence-electron chi connectivity index (χ0n) is 13.0. The van der Waals surface area contributed by atoms with Gasteiger partial charge in [0.2, 0.25) is 0 Å². The van der Waals surface area contributed by atoms with E-state index in [4.69, 9.17) is 9.47 Å². The van der Waals surface area contributed by atoms with Crippen LogP contribution in [-0.2, 0) is 9.47 Å². The fourth-order valence-electron chi connectivity index (χ4n) is 2.93. The minimum atomic E-state index is -0.0830. The Bertz CT molecular complexity index is 243. The highest BCUT2D eigenvalue weighted by molar-refractivity contribution is 4.88. The second kappa shape index (κ2) is 6.88. The molecule has 0 saturated heterocycles. The topological polar surface area (TPSA) is 30.5 Å². The molecule has 4 unspecified atom stereocenters. The molecular formula is C15H31NO2. The van der Waals surface area contributed by atoms with Gasteiger partial charge in [-0.1, -0.05) is 13.8 Å². The van der Waals surface area contributed by atoms with Crippen molar-refractivity contribution in [3.05, 3.63) is 0 Å². The maximum atomic E-state index is 6.14. The van der Waals surface area contributed by atoms with Gasteiger partial charge >= 0.3 is 0 Å². The largest absolute Gasteiger partial charge is 0.379 e. The van der Waals surface area contributed by atoms with E-state index in [1.165, 1.54) is 12.8 Å². The second-order valence-electron chi connectivity index (χ2n) is 6.50. The van der Waals surface area contributed by atoms with Crippen molar-refractivity contribution < 1.29 is 9.47 Å². The number of hydrogen-bond acceptors (Lipinski definition) is 3. The number of methoxy groups -OCH3 is 1. The van der Waals surface area contributed by atoms with Gasteiger partial charge < -0.3 is 14.8 Å². The predicted octanol–water partition coefficient (Wildman–Crippen LogP) is 2.84. The van der Waals surface area contributed by atoms with Gasteiger partial charge in [-0.05, 0) is 52.0 Å². The second-order valence-corrected chi connectivity index (χ2v) is 6.50. The molecule has 1 rings (SSSR count). The molecule has 1 saturated carbocycles. The standard InChI is InChI=1S/C15H31NO2/c1-11-9-12(2)14(13(10-11)16-5)18-8-7-15(3,4)17-6/h11-14,16H,7-10H2,1-6H3. The van der Waals surface area contributed by atoms with Crippen LogP contribution in [0.3, 0.4) is 0 Å². The molecule has 0 heterocycles. The Balaban J connectivity index is 2.43. The van der Waals surface area contributed by atoms with Crippen molar-refractivity contribution in [2.24, 2.45) is 11.8 Å². The summed E-state index contributed by atoms with van der Waals surface area (Å²) in [4.78, 5) is 0. The molecule has 18 heavy (non-hydrogen) atoms. The Morgan fingerprint density at radius 2 is 1.89 bits per heavy atom. The maximum absolute atomic E-state index is 6.14. The van der Waals surface area contributed by atoms with Crippen LogP contribution in [0.4, 0.5) is 0 Å². The number of nitrogens with one attached hydrogen (secondary N) is 1. The third-order valence-corrected chi connectivity index (χ3v) is 4.33. The van der Waals surface area contributed by atoms with Crippen LogP contribution >= 0.6 is 0 Å². The van der Waals surface area contributed by atoms with Crippen LogP contribution in [0.1, 0.15) is 47.0 Å². The molecule has 3 heteroatoms. The lowest BCUT2D eigenvalue weighted by Crippen LogP contribution is -2.48. The lowest BCUT2D eigenvalue weighted by atomic mass is 9.78. The van der Waals surface area contributed by atoms with Crippen molar-refractivity contribution in [2.45, 2.75) is 64.7 Å². The molecule has 0 aromatic heterocycles. The van der Waals surface area contributed by atoms with Gasteiger partial charge in [0.25, 0.3) is 0 Å². The quantitative estimate of drug-likeness (QED) is 0.793. The van der Waals surface area contributed by atoms with Gasteiger partial charge in [-0.3, -0.25) is 0 Å². The molecule has 1 fully saturated rings. The number of hydrogen-bond donors (Lipinski definition) is 1. The molecule has 4 atom stereocenters. The van der Waals surface area contributed by atoms with E-state index in [2.05, 4.69) is 33.0 Å². The van der Waals surface area contributed by atoms with Crippen molar-refractivity contribution in [1.29, 1.82) is 0 Å². The van der Waals surface area contributed by atoms with Gasteiger partial charge in [0.15, 0.2) is 0 Å². The zero-order chi connectivity index (χ0) is 13.8. The van der Waals surface area contributed by atoms with E-state index in [1.54, 1.807) is 7.11 Å². The molecule has 0 amide bonds. The van der Waals surface area contributed by atoms with E-state index in [-0.39, 0.29) is 5.60 Å². The van der Waals surface area contributed by atoms with Gasteiger partial charge in [-0.2, -0.15) is 0 Å². The zero-order valence-corrected chi connectivity index (χ0v) is 13.0. The highest BCUT2D eigenvalue weighted by Crippen LogP contribution is 2.31. The first-order chi connectivity index (χ1) is 8.39. The SMILES string of the molecule is CNC1CC(C)CC(C)C1OCCC(C)(C)OC. The van der Waals surface area contributed by atoms with Crippen molar-refractivity contribution in [2.75, 3.05) is 20.8 Å². The van der Waals surface area contributed by atoms with Gasteiger partial charge in [0.05, 0.1) is 11.7 Å². The average molecular weight is 257 g/mol. The molecule has 1 aliphatic carbocycles. The van der Waals surface area contributed by atoms with E-state index in [0.717, 1.165) is 18.9 Å². The summed E-state index contributed by atoms with van der Waals surface area (Å²) in [6.07, 6.45) is 3.79. The maximum Gasteiger partial charge on any atom is 0.0753 e. The van der Waals surface area contributed by atoms with Crippen molar-refractivity contribution in [3.63, 3.8) is 0 Å². The Morgan fingerprint density at radius 1 is 1.22 bits per heavy atom. The first kappa shape index (κ1) is 15.9. The Hall–Kier alpha value is -0.120. The Morgan fingerprint density at radius 3 is 2.44 bits per heavy atom. The summed E-state index contributed by atoms with van der Waals surface area (Å²) in [5, 5.41) is 3.42. The van der Waals surface area contributed by atoms with Crippen LogP contribution < -0.4 is 5.32 Å². The summed E-state index contributed by atoms with van der Waals surface area (Å²) < 4.78 is 11.6. The van der Waals surface area contributed by atoms with Crippen LogP contribution in [0.5, 0.6) is 0 Å². The van der Waals surface area contributed by atoms with Crippen LogP contribution in [0.25, 0.3) is 0 Å². The highest BCUT2D eigenvalue weighted by atomic mass is 16.5. The molecule has 1 aliphatic rings. The molecular weight excluding hydrogens is 226 g/mol. The third kappa shape index (κ3) is 4.52. The average Bonchev–Trinajstić information content (AvgIpc) is 2.31. The molecule has 0 aliphatic heterocycles. The highest BCUT2D eigenvalue weighted by Gasteiger charge is 2.34. The molecule has 0 radical (unpaired) electrons. The van der Waals surface area contributed by atoms with E-state index < -0.39 is 0 Å². The summed E-state index contributed by atoms with van der Waals surface area (Å²) >= 11 is 0. The summed E-state index contributed by atoms with van der Waals surface area (Å²) in [5.41, 5.74) is -0.0830. The number of rotatable bonds is 6. The van der Waals surface area contributed by atoms with E-state index in [9.17, 15) is 0 Å². The fourth-order valence-corrected chi connectivity index (χ4v) is 2.93. The summed E-state index contributed by atoms with van der Waals surface area (Å²) in [7, 11) is 3.81. The summed E-state index contributed by atoms with van der Waals surface area (Å²) in [6, 6.07) is 0.495.